The second-order valence-corrected chi connectivity index (χ2v) is 7.93. The van der Waals surface area contributed by atoms with Crippen LogP contribution in [0.25, 0.3) is 0 Å². The summed E-state index contributed by atoms with van der Waals surface area (Å²) < 4.78 is 38.7. The standard InChI is InChI=1S/C18H17NO6S/c20-18(21)16-14(19-26(22,23)11-4-2-1-3-5-11)7-6-13-12-8-9-24-15(12)10-25-17(13)16/h1-7,12,15,19H,8-10H2,(H,20,21)/t12-,15+/m0/s1. The summed E-state index contributed by atoms with van der Waals surface area (Å²) in [6.07, 6.45) is 0.700. The van der Waals surface area contributed by atoms with Crippen LogP contribution in [0.5, 0.6) is 5.75 Å². The average Bonchev–Trinajstić information content (AvgIpc) is 3.10. The lowest BCUT2D eigenvalue weighted by molar-refractivity contribution is 0.0484. The third kappa shape index (κ3) is 2.81. The highest BCUT2D eigenvalue weighted by Crippen LogP contribution is 2.44. The van der Waals surface area contributed by atoms with Crippen molar-refractivity contribution in [3.63, 3.8) is 0 Å². The van der Waals surface area contributed by atoms with Gasteiger partial charge in [-0.15, -0.1) is 0 Å². The molecule has 136 valence electrons. The van der Waals surface area contributed by atoms with Crippen LogP contribution >= 0.6 is 0 Å². The van der Waals surface area contributed by atoms with E-state index in [9.17, 15) is 18.3 Å². The first-order valence-corrected chi connectivity index (χ1v) is 9.68. The van der Waals surface area contributed by atoms with Gasteiger partial charge in [0.1, 0.15) is 17.9 Å². The van der Waals surface area contributed by atoms with Crippen molar-refractivity contribution < 1.29 is 27.8 Å². The minimum atomic E-state index is -3.91. The number of carbonyl (C=O) groups is 1. The Balaban J connectivity index is 1.77. The minimum absolute atomic E-state index is 0.0162. The summed E-state index contributed by atoms with van der Waals surface area (Å²) in [5.41, 5.74) is 0.559. The van der Waals surface area contributed by atoms with E-state index in [0.29, 0.717) is 6.61 Å². The summed E-state index contributed by atoms with van der Waals surface area (Å²) in [5.74, 6) is -0.959. The molecule has 2 aliphatic rings. The van der Waals surface area contributed by atoms with Crippen LogP contribution in [-0.2, 0) is 14.8 Å². The van der Waals surface area contributed by atoms with Crippen molar-refractivity contribution in [1.29, 1.82) is 0 Å². The number of aromatic carboxylic acids is 1. The van der Waals surface area contributed by atoms with Crippen molar-refractivity contribution in [1.82, 2.24) is 0 Å². The predicted molar refractivity (Wildman–Crippen MR) is 93.2 cm³/mol. The molecule has 7 nitrogen and oxygen atoms in total. The molecule has 2 aromatic carbocycles. The largest absolute Gasteiger partial charge is 0.490 e. The van der Waals surface area contributed by atoms with Gasteiger partial charge in [-0.2, -0.15) is 0 Å². The van der Waals surface area contributed by atoms with Crippen LogP contribution in [0.3, 0.4) is 0 Å². The van der Waals surface area contributed by atoms with Crippen LogP contribution in [0.1, 0.15) is 28.3 Å². The van der Waals surface area contributed by atoms with E-state index in [1.165, 1.54) is 18.2 Å². The van der Waals surface area contributed by atoms with Gasteiger partial charge < -0.3 is 14.6 Å². The Morgan fingerprint density at radius 2 is 1.92 bits per heavy atom. The molecule has 0 aliphatic carbocycles. The Morgan fingerprint density at radius 3 is 2.65 bits per heavy atom. The van der Waals surface area contributed by atoms with Crippen molar-refractivity contribution >= 4 is 21.7 Å². The van der Waals surface area contributed by atoms with Gasteiger partial charge in [0.15, 0.2) is 0 Å². The van der Waals surface area contributed by atoms with Gasteiger partial charge in [0.2, 0.25) is 0 Å². The van der Waals surface area contributed by atoms with E-state index in [1.807, 2.05) is 0 Å². The van der Waals surface area contributed by atoms with Crippen LogP contribution in [0.4, 0.5) is 5.69 Å². The summed E-state index contributed by atoms with van der Waals surface area (Å²) >= 11 is 0. The van der Waals surface area contributed by atoms with E-state index >= 15 is 0 Å². The first-order chi connectivity index (χ1) is 12.5. The Labute approximate surface area is 150 Å². The molecule has 4 rings (SSSR count). The molecule has 8 heteroatoms. The Morgan fingerprint density at radius 1 is 1.15 bits per heavy atom. The Bertz CT molecular complexity index is 957. The fourth-order valence-electron chi connectivity index (χ4n) is 3.48. The maximum absolute atomic E-state index is 12.6. The lowest BCUT2D eigenvalue weighted by Crippen LogP contribution is -2.29. The highest BCUT2D eigenvalue weighted by molar-refractivity contribution is 7.92. The third-order valence-electron chi connectivity index (χ3n) is 4.70. The maximum atomic E-state index is 12.6. The lowest BCUT2D eigenvalue weighted by atomic mass is 9.88. The molecule has 2 aliphatic heterocycles. The van der Waals surface area contributed by atoms with E-state index in [0.717, 1.165) is 12.0 Å². The monoisotopic (exact) mass is 375 g/mol. The molecule has 0 bridgehead atoms. The fraction of sp³-hybridized carbons (Fsp3) is 0.278. The fourth-order valence-corrected chi connectivity index (χ4v) is 4.57. The number of carboxylic acid groups (broad SMARTS) is 1. The Hall–Kier alpha value is -2.58. The zero-order chi connectivity index (χ0) is 18.3. The van der Waals surface area contributed by atoms with Gasteiger partial charge in [0, 0.05) is 18.1 Å². The highest BCUT2D eigenvalue weighted by Gasteiger charge is 2.38. The van der Waals surface area contributed by atoms with Crippen molar-refractivity contribution in [2.45, 2.75) is 23.3 Å². The molecular formula is C18H17NO6S. The average molecular weight is 375 g/mol. The van der Waals surface area contributed by atoms with Crippen LogP contribution in [0, 0.1) is 0 Å². The third-order valence-corrected chi connectivity index (χ3v) is 6.08. The summed E-state index contributed by atoms with van der Waals surface area (Å²) in [4.78, 5) is 11.9. The van der Waals surface area contributed by atoms with Gasteiger partial charge in [-0.05, 0) is 24.6 Å². The van der Waals surface area contributed by atoms with E-state index in [2.05, 4.69) is 4.72 Å². The van der Waals surface area contributed by atoms with E-state index < -0.39 is 16.0 Å². The molecular weight excluding hydrogens is 358 g/mol. The summed E-state index contributed by atoms with van der Waals surface area (Å²) in [6, 6.07) is 11.0. The molecule has 0 amide bonds. The molecule has 1 fully saturated rings. The molecule has 26 heavy (non-hydrogen) atoms. The first kappa shape index (κ1) is 16.9. The zero-order valence-electron chi connectivity index (χ0n) is 13.7. The normalized spacial score (nSPS) is 21.4. The van der Waals surface area contributed by atoms with Gasteiger partial charge in [0.25, 0.3) is 10.0 Å². The number of anilines is 1. The van der Waals surface area contributed by atoms with Gasteiger partial charge in [-0.25, -0.2) is 13.2 Å². The summed E-state index contributed by atoms with van der Waals surface area (Å²) in [7, 11) is -3.91. The van der Waals surface area contributed by atoms with E-state index in [4.69, 9.17) is 9.47 Å². The van der Waals surface area contributed by atoms with E-state index in [-0.39, 0.29) is 40.5 Å². The number of benzene rings is 2. The number of rotatable bonds is 4. The summed E-state index contributed by atoms with van der Waals surface area (Å²) in [6.45, 7) is 0.857. The topological polar surface area (TPSA) is 102 Å². The predicted octanol–water partition coefficient (Wildman–Crippen LogP) is 2.45. The molecule has 1 saturated heterocycles. The molecule has 0 saturated carbocycles. The molecule has 2 N–H and O–H groups in total. The van der Waals surface area contributed by atoms with Gasteiger partial charge in [0.05, 0.1) is 16.7 Å². The molecule has 0 radical (unpaired) electrons. The molecule has 0 spiro atoms. The number of fused-ring (bicyclic) bond motifs is 3. The minimum Gasteiger partial charge on any atom is -0.490 e. The van der Waals surface area contributed by atoms with Crippen LogP contribution in [-0.4, -0.2) is 38.8 Å². The summed E-state index contributed by atoms with van der Waals surface area (Å²) in [5, 5.41) is 9.68. The molecule has 2 atom stereocenters. The molecule has 0 aromatic heterocycles. The highest BCUT2D eigenvalue weighted by atomic mass is 32.2. The van der Waals surface area contributed by atoms with Crippen molar-refractivity contribution in [3.8, 4) is 5.75 Å². The van der Waals surface area contributed by atoms with Gasteiger partial charge in [-0.1, -0.05) is 24.3 Å². The number of hydrogen-bond donors (Lipinski definition) is 2. The number of ether oxygens (including phenoxy) is 2. The second kappa shape index (κ2) is 6.30. The van der Waals surface area contributed by atoms with Crippen molar-refractivity contribution in [3.05, 3.63) is 53.6 Å². The number of nitrogens with one attached hydrogen (secondary N) is 1. The van der Waals surface area contributed by atoms with Crippen molar-refractivity contribution in [2.75, 3.05) is 17.9 Å². The van der Waals surface area contributed by atoms with Crippen molar-refractivity contribution in [2.24, 2.45) is 0 Å². The number of carboxylic acids is 1. The number of sulfonamides is 1. The van der Waals surface area contributed by atoms with Crippen LogP contribution in [0.15, 0.2) is 47.4 Å². The molecule has 0 unspecified atom stereocenters. The zero-order valence-corrected chi connectivity index (χ0v) is 14.5. The number of hydrogen-bond acceptors (Lipinski definition) is 5. The first-order valence-electron chi connectivity index (χ1n) is 8.20. The maximum Gasteiger partial charge on any atom is 0.341 e. The van der Waals surface area contributed by atoms with Crippen LogP contribution < -0.4 is 9.46 Å². The van der Waals surface area contributed by atoms with Gasteiger partial charge >= 0.3 is 5.97 Å². The molecule has 2 aromatic rings. The smallest absolute Gasteiger partial charge is 0.341 e. The second-order valence-electron chi connectivity index (χ2n) is 6.25. The SMILES string of the molecule is O=C(O)c1c(NS(=O)(=O)c2ccccc2)ccc2c1OC[C@H]1OCC[C@@H]21. The Kier molecular flexibility index (Phi) is 4.08. The van der Waals surface area contributed by atoms with Gasteiger partial charge in [-0.3, -0.25) is 4.72 Å². The van der Waals surface area contributed by atoms with Crippen LogP contribution in [0.2, 0.25) is 0 Å². The molecule has 2 heterocycles. The lowest BCUT2D eigenvalue weighted by Gasteiger charge is -2.29. The quantitative estimate of drug-likeness (QED) is 0.851. The van der Waals surface area contributed by atoms with E-state index in [1.54, 1.807) is 24.3 Å².